The summed E-state index contributed by atoms with van der Waals surface area (Å²) >= 11 is 7.32. The monoisotopic (exact) mass is 258 g/mol. The molecule has 0 N–H and O–H groups in total. The molecule has 0 heterocycles. The highest BCUT2D eigenvalue weighted by atomic mass is 35.5. The van der Waals surface area contributed by atoms with E-state index in [2.05, 4.69) is 0 Å². The van der Waals surface area contributed by atoms with Gasteiger partial charge < -0.3 is 4.74 Å². The number of carbonyl (C=O) groups is 1. The molecule has 0 fully saturated rings. The minimum atomic E-state index is 0.0960. The van der Waals surface area contributed by atoms with Crippen molar-refractivity contribution in [2.45, 2.75) is 24.8 Å². The first kappa shape index (κ1) is 13.6. The summed E-state index contributed by atoms with van der Waals surface area (Å²) in [5.41, 5.74) is 0. The number of thioether (sulfide) groups is 1. The van der Waals surface area contributed by atoms with Gasteiger partial charge in [0.05, 0.1) is 11.9 Å². The summed E-state index contributed by atoms with van der Waals surface area (Å²) in [4.78, 5) is 12.4. The molecule has 0 radical (unpaired) electrons. The first-order valence-electron chi connectivity index (χ1n) is 5.09. The number of hydrogen-bond donors (Lipinski definition) is 0. The topological polar surface area (TPSA) is 26.3 Å². The van der Waals surface area contributed by atoms with Gasteiger partial charge in [0, 0.05) is 9.92 Å². The van der Waals surface area contributed by atoms with Gasteiger partial charge in [0.2, 0.25) is 0 Å². The van der Waals surface area contributed by atoms with Crippen LogP contribution in [-0.2, 0) is 9.53 Å². The highest BCUT2D eigenvalue weighted by Crippen LogP contribution is 2.21. The van der Waals surface area contributed by atoms with E-state index in [1.54, 1.807) is 0 Å². The summed E-state index contributed by atoms with van der Waals surface area (Å²) in [6, 6.07) is 7.48. The molecule has 0 aromatic heterocycles. The van der Waals surface area contributed by atoms with E-state index in [9.17, 15) is 4.79 Å². The van der Waals surface area contributed by atoms with Crippen LogP contribution in [0.3, 0.4) is 0 Å². The predicted octanol–water partition coefficient (Wildman–Crippen LogP) is 3.43. The number of carbonyl (C=O) groups excluding carboxylic acids is 1. The lowest BCUT2D eigenvalue weighted by atomic mass is 10.4. The third-order valence-electron chi connectivity index (χ3n) is 1.77. The SMILES string of the molecule is CC(C)OCC(=O)CSc1cccc(Cl)c1. The molecule has 0 atom stereocenters. The molecule has 0 unspecified atom stereocenters. The van der Waals surface area contributed by atoms with E-state index >= 15 is 0 Å². The summed E-state index contributed by atoms with van der Waals surface area (Å²) in [5.74, 6) is 0.520. The van der Waals surface area contributed by atoms with Crippen LogP contribution in [0, 0.1) is 0 Å². The molecule has 0 aliphatic rings. The second-order valence-corrected chi connectivity index (χ2v) is 5.13. The lowest BCUT2D eigenvalue weighted by Crippen LogP contribution is -2.14. The van der Waals surface area contributed by atoms with Crippen LogP contribution in [0.4, 0.5) is 0 Å². The van der Waals surface area contributed by atoms with Crippen LogP contribution in [0.25, 0.3) is 0 Å². The second kappa shape index (κ2) is 6.94. The van der Waals surface area contributed by atoms with Crippen LogP contribution in [0.15, 0.2) is 29.2 Å². The van der Waals surface area contributed by atoms with Crippen LogP contribution >= 0.6 is 23.4 Å². The summed E-state index contributed by atoms with van der Waals surface area (Å²) in [7, 11) is 0. The number of benzene rings is 1. The van der Waals surface area contributed by atoms with Crippen LogP contribution in [0.1, 0.15) is 13.8 Å². The summed E-state index contributed by atoms with van der Waals surface area (Å²) in [5, 5.41) is 0.691. The van der Waals surface area contributed by atoms with E-state index in [0.717, 1.165) is 4.90 Å². The third kappa shape index (κ3) is 5.54. The number of rotatable bonds is 6. The highest BCUT2D eigenvalue weighted by Gasteiger charge is 2.05. The number of ketones is 1. The molecule has 88 valence electrons. The molecule has 0 amide bonds. The van der Waals surface area contributed by atoms with Gasteiger partial charge >= 0.3 is 0 Å². The average molecular weight is 259 g/mol. The maximum absolute atomic E-state index is 11.4. The lowest BCUT2D eigenvalue weighted by molar-refractivity contribution is -0.122. The molecule has 0 saturated heterocycles. The Morgan fingerprint density at radius 2 is 2.25 bits per heavy atom. The Balaban J connectivity index is 2.31. The van der Waals surface area contributed by atoms with Gasteiger partial charge in [0.1, 0.15) is 6.61 Å². The Morgan fingerprint density at radius 1 is 1.50 bits per heavy atom. The molecule has 0 aliphatic heterocycles. The van der Waals surface area contributed by atoms with Gasteiger partial charge in [0.25, 0.3) is 0 Å². The van der Waals surface area contributed by atoms with Gasteiger partial charge in [-0.25, -0.2) is 0 Å². The zero-order valence-corrected chi connectivity index (χ0v) is 11.0. The average Bonchev–Trinajstić information content (AvgIpc) is 2.23. The number of halogens is 1. The van der Waals surface area contributed by atoms with Crippen molar-refractivity contribution in [1.29, 1.82) is 0 Å². The normalized spacial score (nSPS) is 10.8. The van der Waals surface area contributed by atoms with E-state index < -0.39 is 0 Å². The molecule has 0 saturated carbocycles. The van der Waals surface area contributed by atoms with Gasteiger partial charge in [-0.3, -0.25) is 4.79 Å². The van der Waals surface area contributed by atoms with Crippen molar-refractivity contribution < 1.29 is 9.53 Å². The molecule has 1 aromatic carbocycles. The smallest absolute Gasteiger partial charge is 0.168 e. The van der Waals surface area contributed by atoms with E-state index in [1.807, 2.05) is 38.1 Å². The van der Waals surface area contributed by atoms with Crippen LogP contribution < -0.4 is 0 Å². The largest absolute Gasteiger partial charge is 0.371 e. The van der Waals surface area contributed by atoms with Gasteiger partial charge in [-0.05, 0) is 32.0 Å². The van der Waals surface area contributed by atoms with Crippen molar-refractivity contribution in [3.8, 4) is 0 Å². The Bertz CT molecular complexity index is 353. The molecule has 4 heteroatoms. The first-order chi connectivity index (χ1) is 7.58. The van der Waals surface area contributed by atoms with Gasteiger partial charge in [-0.15, -0.1) is 11.8 Å². The van der Waals surface area contributed by atoms with Gasteiger partial charge in [-0.2, -0.15) is 0 Å². The molecular weight excluding hydrogens is 244 g/mol. The van der Waals surface area contributed by atoms with Crippen molar-refractivity contribution >= 4 is 29.1 Å². The quantitative estimate of drug-likeness (QED) is 0.732. The zero-order valence-electron chi connectivity index (χ0n) is 9.40. The van der Waals surface area contributed by atoms with Crippen molar-refractivity contribution in [3.63, 3.8) is 0 Å². The molecular formula is C12H15ClO2S. The fourth-order valence-corrected chi connectivity index (χ4v) is 2.07. The van der Waals surface area contributed by atoms with E-state index in [1.165, 1.54) is 11.8 Å². The Labute approximate surface area is 105 Å². The standard InChI is InChI=1S/C12H15ClO2S/c1-9(2)15-7-11(14)8-16-12-5-3-4-10(13)6-12/h3-6,9H,7-8H2,1-2H3. The number of hydrogen-bond acceptors (Lipinski definition) is 3. The fourth-order valence-electron chi connectivity index (χ4n) is 1.02. The van der Waals surface area contributed by atoms with Crippen molar-refractivity contribution in [2.75, 3.05) is 12.4 Å². The second-order valence-electron chi connectivity index (χ2n) is 3.64. The van der Waals surface area contributed by atoms with Gasteiger partial charge in [-0.1, -0.05) is 17.7 Å². The number of Topliss-reactive ketones (excluding diaryl/α,β-unsaturated/α-hetero) is 1. The number of ether oxygens (including phenoxy) is 1. The Kier molecular flexibility index (Phi) is 5.88. The summed E-state index contributed by atoms with van der Waals surface area (Å²) in [6.07, 6.45) is 0.0973. The van der Waals surface area contributed by atoms with Gasteiger partial charge in [0.15, 0.2) is 5.78 Å². The van der Waals surface area contributed by atoms with Crippen molar-refractivity contribution in [2.24, 2.45) is 0 Å². The molecule has 16 heavy (non-hydrogen) atoms. The zero-order chi connectivity index (χ0) is 12.0. The third-order valence-corrected chi connectivity index (χ3v) is 3.06. The molecule has 0 aliphatic carbocycles. The molecule has 2 nitrogen and oxygen atoms in total. The van der Waals surface area contributed by atoms with E-state index in [-0.39, 0.29) is 18.5 Å². The first-order valence-corrected chi connectivity index (χ1v) is 6.46. The van der Waals surface area contributed by atoms with Crippen molar-refractivity contribution in [1.82, 2.24) is 0 Å². The Hall–Kier alpha value is -0.510. The maximum atomic E-state index is 11.4. The van der Waals surface area contributed by atoms with Crippen molar-refractivity contribution in [3.05, 3.63) is 29.3 Å². The minimum absolute atomic E-state index is 0.0960. The molecule has 1 rings (SSSR count). The predicted molar refractivity (Wildman–Crippen MR) is 68.3 cm³/mol. The van der Waals surface area contributed by atoms with Crippen LogP contribution in [0.2, 0.25) is 5.02 Å². The van der Waals surface area contributed by atoms with Crippen LogP contribution in [0.5, 0.6) is 0 Å². The fraction of sp³-hybridized carbons (Fsp3) is 0.417. The Morgan fingerprint density at radius 3 is 2.88 bits per heavy atom. The molecule has 0 spiro atoms. The summed E-state index contributed by atoms with van der Waals surface area (Å²) < 4.78 is 5.23. The molecule has 1 aromatic rings. The molecule has 0 bridgehead atoms. The van der Waals surface area contributed by atoms with E-state index in [4.69, 9.17) is 16.3 Å². The lowest BCUT2D eigenvalue weighted by Gasteiger charge is -2.06. The summed E-state index contributed by atoms with van der Waals surface area (Å²) in [6.45, 7) is 4.01. The minimum Gasteiger partial charge on any atom is -0.371 e. The van der Waals surface area contributed by atoms with E-state index in [0.29, 0.717) is 10.8 Å². The van der Waals surface area contributed by atoms with Crippen LogP contribution in [-0.4, -0.2) is 24.2 Å². The maximum Gasteiger partial charge on any atom is 0.168 e. The highest BCUT2D eigenvalue weighted by molar-refractivity contribution is 8.00.